The zero-order valence-corrected chi connectivity index (χ0v) is 16.4. The minimum atomic E-state index is -0.185. The summed E-state index contributed by atoms with van der Waals surface area (Å²) in [5.74, 6) is 0.523. The topological polar surface area (TPSA) is 86.7 Å². The molecule has 2 aliphatic heterocycles. The molecule has 0 N–H and O–H groups in total. The van der Waals surface area contributed by atoms with Gasteiger partial charge < -0.3 is 9.47 Å². The number of esters is 2. The molecule has 0 amide bonds. The van der Waals surface area contributed by atoms with Gasteiger partial charge in [-0.15, -0.1) is 0 Å². The summed E-state index contributed by atoms with van der Waals surface area (Å²) in [6.45, 7) is 2.82. The van der Waals surface area contributed by atoms with E-state index in [1.54, 1.807) is 0 Å². The predicted octanol–water partition coefficient (Wildman–Crippen LogP) is 3.40. The average molecular weight is 380 g/mol. The lowest BCUT2D eigenvalue weighted by Gasteiger charge is -2.36. The molecule has 2 unspecified atom stereocenters. The van der Waals surface area contributed by atoms with E-state index in [9.17, 15) is 19.2 Å². The van der Waals surface area contributed by atoms with Gasteiger partial charge in [0.05, 0.1) is 13.2 Å². The first-order chi connectivity index (χ1) is 13.0. The van der Waals surface area contributed by atoms with E-state index in [0.717, 1.165) is 19.3 Å². The molecule has 2 rings (SSSR count). The Labute approximate surface area is 161 Å². The van der Waals surface area contributed by atoms with Crippen LogP contribution in [0, 0.1) is 17.8 Å². The van der Waals surface area contributed by atoms with Crippen molar-refractivity contribution >= 4 is 23.5 Å². The molecule has 6 heteroatoms. The minimum Gasteiger partial charge on any atom is -0.466 e. The summed E-state index contributed by atoms with van der Waals surface area (Å²) in [6, 6.07) is 0. The maximum atomic E-state index is 12.3. The number of ketones is 2. The smallest absolute Gasteiger partial charge is 0.306 e. The maximum Gasteiger partial charge on any atom is 0.306 e. The van der Waals surface area contributed by atoms with Crippen LogP contribution in [0.5, 0.6) is 0 Å². The van der Waals surface area contributed by atoms with Crippen LogP contribution in [-0.2, 0) is 28.7 Å². The quantitative estimate of drug-likeness (QED) is 0.511. The molecule has 0 aromatic carbocycles. The summed E-state index contributed by atoms with van der Waals surface area (Å²) in [5.41, 5.74) is 0. The third kappa shape index (κ3) is 7.43. The van der Waals surface area contributed by atoms with Crippen LogP contribution in [0.2, 0.25) is 0 Å². The van der Waals surface area contributed by atoms with Gasteiger partial charge in [0.1, 0.15) is 11.6 Å². The number of hydrogen-bond acceptors (Lipinski definition) is 6. The van der Waals surface area contributed by atoms with E-state index in [4.69, 9.17) is 9.47 Å². The summed E-state index contributed by atoms with van der Waals surface area (Å²) in [7, 11) is 0. The molecule has 0 bridgehead atoms. The highest BCUT2D eigenvalue weighted by Crippen LogP contribution is 2.38. The van der Waals surface area contributed by atoms with Gasteiger partial charge in [0.25, 0.3) is 0 Å². The number of Topliss-reactive ketones (excluding diaryl/α,β-unsaturated/α-hetero) is 2. The second-order valence-corrected chi connectivity index (χ2v) is 7.83. The van der Waals surface area contributed by atoms with Crippen molar-refractivity contribution in [3.63, 3.8) is 0 Å². The lowest BCUT2D eigenvalue weighted by molar-refractivity contribution is -0.153. The Bertz CT molecular complexity index is 513. The molecule has 0 saturated carbocycles. The van der Waals surface area contributed by atoms with Crippen LogP contribution in [0.3, 0.4) is 0 Å². The fourth-order valence-electron chi connectivity index (χ4n) is 4.32. The van der Waals surface area contributed by atoms with E-state index < -0.39 is 0 Å². The lowest BCUT2D eigenvalue weighted by atomic mass is 9.72. The van der Waals surface area contributed by atoms with E-state index in [2.05, 4.69) is 0 Å². The fraction of sp³-hybridized carbons (Fsp3) is 0.810. The summed E-state index contributed by atoms with van der Waals surface area (Å²) < 4.78 is 10.1. The van der Waals surface area contributed by atoms with Crippen LogP contribution in [0.15, 0.2) is 0 Å². The molecule has 2 aliphatic rings. The Morgan fingerprint density at radius 1 is 0.889 bits per heavy atom. The number of rotatable bonds is 11. The van der Waals surface area contributed by atoms with Gasteiger partial charge in [0.2, 0.25) is 0 Å². The highest BCUT2D eigenvalue weighted by atomic mass is 16.5. The summed E-state index contributed by atoms with van der Waals surface area (Å²) in [4.78, 5) is 47.3. The zero-order valence-electron chi connectivity index (χ0n) is 16.4. The van der Waals surface area contributed by atoms with Crippen molar-refractivity contribution in [2.75, 3.05) is 13.2 Å². The number of cyclic esters (lactones) is 2. The molecule has 0 aliphatic carbocycles. The summed E-state index contributed by atoms with van der Waals surface area (Å²) in [6.07, 6.45) is 6.44. The lowest BCUT2D eigenvalue weighted by Crippen LogP contribution is -2.35. The molecule has 2 atom stereocenters. The van der Waals surface area contributed by atoms with Gasteiger partial charge >= 0.3 is 11.9 Å². The number of carbonyl (C=O) groups excluding carboxylic acids is 4. The van der Waals surface area contributed by atoms with Gasteiger partial charge in [-0.2, -0.15) is 0 Å². The van der Waals surface area contributed by atoms with E-state index in [0.29, 0.717) is 64.6 Å². The van der Waals surface area contributed by atoms with Gasteiger partial charge in [-0.05, 0) is 49.9 Å². The molecule has 0 spiro atoms. The van der Waals surface area contributed by atoms with Crippen LogP contribution < -0.4 is 0 Å². The highest BCUT2D eigenvalue weighted by Gasteiger charge is 2.36. The molecule has 2 fully saturated rings. The average Bonchev–Trinajstić information content (AvgIpc) is 2.62. The predicted molar refractivity (Wildman–Crippen MR) is 98.9 cm³/mol. The summed E-state index contributed by atoms with van der Waals surface area (Å²) in [5, 5.41) is 0. The fourth-order valence-corrected chi connectivity index (χ4v) is 4.32. The number of carbonyl (C=O) groups is 4. The van der Waals surface area contributed by atoms with E-state index in [1.807, 2.05) is 6.92 Å². The van der Waals surface area contributed by atoms with Gasteiger partial charge in [0, 0.05) is 38.5 Å². The summed E-state index contributed by atoms with van der Waals surface area (Å²) >= 11 is 0. The van der Waals surface area contributed by atoms with E-state index in [1.165, 1.54) is 0 Å². The Hall–Kier alpha value is -1.72. The third-order valence-corrected chi connectivity index (χ3v) is 5.77. The normalized spacial score (nSPS) is 24.0. The Kier molecular flexibility index (Phi) is 8.95. The zero-order chi connectivity index (χ0) is 19.6. The van der Waals surface area contributed by atoms with Crippen LogP contribution >= 0.6 is 0 Å². The van der Waals surface area contributed by atoms with Gasteiger partial charge in [-0.25, -0.2) is 0 Å². The van der Waals surface area contributed by atoms with Crippen molar-refractivity contribution in [3.8, 4) is 0 Å². The minimum absolute atomic E-state index is 0.163. The Morgan fingerprint density at radius 2 is 1.41 bits per heavy atom. The monoisotopic (exact) mass is 380 g/mol. The molecular weight excluding hydrogens is 348 g/mol. The molecule has 152 valence electrons. The van der Waals surface area contributed by atoms with Crippen molar-refractivity contribution in [1.82, 2.24) is 0 Å². The van der Waals surface area contributed by atoms with E-state index >= 15 is 0 Å². The highest BCUT2D eigenvalue weighted by molar-refractivity contribution is 5.81. The standard InChI is InChI=1S/C21H32O6/c1-2-4-17(22)5-3-6-18(23)7-8-19(15-9-11-26-20(24)13-15)16-10-12-27-21(25)14-16/h15-16,19H,2-14H2,1H3. The molecule has 27 heavy (non-hydrogen) atoms. The Morgan fingerprint density at radius 3 is 1.89 bits per heavy atom. The van der Waals surface area contributed by atoms with Crippen LogP contribution in [0.4, 0.5) is 0 Å². The van der Waals surface area contributed by atoms with Crippen LogP contribution in [0.25, 0.3) is 0 Å². The number of hydrogen-bond donors (Lipinski definition) is 0. The molecule has 6 nitrogen and oxygen atoms in total. The van der Waals surface area contributed by atoms with Crippen molar-refractivity contribution in [3.05, 3.63) is 0 Å². The second kappa shape index (κ2) is 11.2. The second-order valence-electron chi connectivity index (χ2n) is 7.83. The largest absolute Gasteiger partial charge is 0.466 e. The molecule has 0 aromatic rings. The molecule has 0 aromatic heterocycles. The van der Waals surface area contributed by atoms with Gasteiger partial charge in [-0.1, -0.05) is 6.92 Å². The molecule has 0 radical (unpaired) electrons. The van der Waals surface area contributed by atoms with Crippen molar-refractivity contribution in [2.24, 2.45) is 17.8 Å². The Balaban J connectivity index is 1.85. The number of ether oxygens (including phenoxy) is 2. The first-order valence-electron chi connectivity index (χ1n) is 10.3. The van der Waals surface area contributed by atoms with Crippen molar-refractivity contribution in [1.29, 1.82) is 0 Å². The maximum absolute atomic E-state index is 12.3. The molecular formula is C21H32O6. The van der Waals surface area contributed by atoms with Crippen molar-refractivity contribution in [2.45, 2.75) is 77.6 Å². The van der Waals surface area contributed by atoms with Crippen molar-refractivity contribution < 1.29 is 28.7 Å². The first kappa shape index (κ1) is 21.6. The third-order valence-electron chi connectivity index (χ3n) is 5.77. The molecule has 2 heterocycles. The molecule has 2 saturated heterocycles. The van der Waals surface area contributed by atoms with Gasteiger partial charge in [0.15, 0.2) is 0 Å². The van der Waals surface area contributed by atoms with Gasteiger partial charge in [-0.3, -0.25) is 19.2 Å². The SMILES string of the molecule is CCCC(=O)CCCC(=O)CCC(C1CCOC(=O)C1)C1CCOC(=O)C1. The van der Waals surface area contributed by atoms with Crippen LogP contribution in [-0.4, -0.2) is 36.7 Å². The first-order valence-corrected chi connectivity index (χ1v) is 10.3. The van der Waals surface area contributed by atoms with E-state index in [-0.39, 0.29) is 41.3 Å². The van der Waals surface area contributed by atoms with Crippen LogP contribution in [0.1, 0.15) is 77.6 Å².